The van der Waals surface area contributed by atoms with Crippen LogP contribution in [0.5, 0.6) is 0 Å². The van der Waals surface area contributed by atoms with Crippen molar-refractivity contribution in [2.75, 3.05) is 0 Å². The van der Waals surface area contributed by atoms with Crippen molar-refractivity contribution in [3.05, 3.63) is 65.0 Å². The molecule has 2 nitrogen and oxygen atoms in total. The van der Waals surface area contributed by atoms with Gasteiger partial charge in [-0.15, -0.1) is 12.4 Å². The molecule has 2 rings (SSSR count). The topological polar surface area (TPSA) is 38.9 Å². The highest BCUT2D eigenvalue weighted by molar-refractivity contribution is 5.85. The molecule has 1 atom stereocenters. The van der Waals surface area contributed by atoms with Gasteiger partial charge in [-0.3, -0.25) is 4.98 Å². The van der Waals surface area contributed by atoms with E-state index in [9.17, 15) is 13.2 Å². The Morgan fingerprint density at radius 3 is 2.20 bits per heavy atom. The number of benzene rings is 1. The summed E-state index contributed by atoms with van der Waals surface area (Å²) >= 11 is 0. The van der Waals surface area contributed by atoms with Gasteiger partial charge in [-0.05, 0) is 36.2 Å². The van der Waals surface area contributed by atoms with E-state index in [1.807, 2.05) is 13.0 Å². The predicted molar refractivity (Wildman–Crippen MR) is 73.7 cm³/mol. The van der Waals surface area contributed by atoms with Crippen LogP contribution in [0.3, 0.4) is 0 Å². The van der Waals surface area contributed by atoms with Crippen molar-refractivity contribution in [2.24, 2.45) is 5.73 Å². The van der Waals surface area contributed by atoms with Crippen molar-refractivity contribution in [3.8, 4) is 0 Å². The number of pyridine rings is 1. The summed E-state index contributed by atoms with van der Waals surface area (Å²) in [4.78, 5) is 4.18. The molecule has 0 saturated heterocycles. The van der Waals surface area contributed by atoms with Gasteiger partial charge in [0, 0.05) is 6.20 Å². The highest BCUT2D eigenvalue weighted by atomic mass is 35.5. The highest BCUT2D eigenvalue weighted by Crippen LogP contribution is 2.30. The summed E-state index contributed by atoms with van der Waals surface area (Å²) in [6.07, 6.45) is -2.71. The first-order valence-electron chi connectivity index (χ1n) is 5.74. The molecule has 0 unspecified atom stereocenters. The van der Waals surface area contributed by atoms with E-state index in [-0.39, 0.29) is 12.4 Å². The van der Waals surface area contributed by atoms with E-state index >= 15 is 0 Å². The van der Waals surface area contributed by atoms with Gasteiger partial charge in [0.25, 0.3) is 0 Å². The molecule has 2 N–H and O–H groups in total. The summed E-state index contributed by atoms with van der Waals surface area (Å²) in [6.45, 7) is 1.87. The van der Waals surface area contributed by atoms with E-state index in [0.717, 1.165) is 17.7 Å². The lowest BCUT2D eigenvalue weighted by Crippen LogP contribution is -2.15. The lowest BCUT2D eigenvalue weighted by Gasteiger charge is -2.15. The number of aromatic nitrogens is 1. The Morgan fingerprint density at radius 1 is 1.10 bits per heavy atom. The highest BCUT2D eigenvalue weighted by Gasteiger charge is 2.30. The van der Waals surface area contributed by atoms with Crippen molar-refractivity contribution < 1.29 is 13.2 Å². The zero-order valence-electron chi connectivity index (χ0n) is 10.7. The van der Waals surface area contributed by atoms with Crippen LogP contribution >= 0.6 is 12.4 Å². The van der Waals surface area contributed by atoms with E-state index < -0.39 is 17.8 Å². The molecule has 0 aliphatic rings. The molecule has 0 spiro atoms. The molecule has 1 aromatic heterocycles. The van der Waals surface area contributed by atoms with Crippen LogP contribution in [0.15, 0.2) is 42.6 Å². The van der Waals surface area contributed by atoms with Crippen LogP contribution in [0.4, 0.5) is 13.2 Å². The van der Waals surface area contributed by atoms with Crippen molar-refractivity contribution in [1.29, 1.82) is 0 Å². The maximum absolute atomic E-state index is 12.5. The van der Waals surface area contributed by atoms with E-state index in [2.05, 4.69) is 4.98 Å². The Kier molecular flexibility index (Phi) is 5.14. The lowest BCUT2D eigenvalue weighted by atomic mass is 9.99. The average Bonchev–Trinajstić information content (AvgIpc) is 2.38. The first-order valence-corrected chi connectivity index (χ1v) is 5.74. The van der Waals surface area contributed by atoms with Crippen LogP contribution in [0.25, 0.3) is 0 Å². The molecule has 108 valence electrons. The Hall–Kier alpha value is -1.59. The van der Waals surface area contributed by atoms with Crippen molar-refractivity contribution in [2.45, 2.75) is 19.1 Å². The second-order valence-corrected chi connectivity index (χ2v) is 4.30. The Morgan fingerprint density at radius 2 is 1.70 bits per heavy atom. The SMILES string of the molecule is Cc1cccnc1[C@@H](N)c1ccc(C(F)(F)F)cc1.Cl. The molecule has 1 heterocycles. The fourth-order valence-corrected chi connectivity index (χ4v) is 1.86. The smallest absolute Gasteiger partial charge is 0.319 e. The summed E-state index contributed by atoms with van der Waals surface area (Å²) in [6, 6.07) is 7.98. The van der Waals surface area contributed by atoms with Gasteiger partial charge in [-0.2, -0.15) is 13.2 Å². The third kappa shape index (κ3) is 3.49. The number of hydrogen-bond donors (Lipinski definition) is 1. The molecule has 0 aliphatic carbocycles. The zero-order valence-corrected chi connectivity index (χ0v) is 11.5. The first kappa shape index (κ1) is 16.5. The van der Waals surface area contributed by atoms with E-state index in [1.54, 1.807) is 12.3 Å². The molecule has 0 bridgehead atoms. The van der Waals surface area contributed by atoms with Gasteiger partial charge < -0.3 is 5.73 Å². The summed E-state index contributed by atoms with van der Waals surface area (Å²) in [5.41, 5.74) is 7.54. The fourth-order valence-electron chi connectivity index (χ4n) is 1.86. The monoisotopic (exact) mass is 302 g/mol. The average molecular weight is 303 g/mol. The molecule has 2 aromatic rings. The maximum Gasteiger partial charge on any atom is 0.416 e. The number of nitrogens with zero attached hydrogens (tertiary/aromatic N) is 1. The fraction of sp³-hybridized carbons (Fsp3) is 0.214. The van der Waals surface area contributed by atoms with Gasteiger partial charge in [0.05, 0.1) is 17.3 Å². The molecule has 20 heavy (non-hydrogen) atoms. The second kappa shape index (κ2) is 6.24. The van der Waals surface area contributed by atoms with E-state index in [4.69, 9.17) is 5.73 Å². The van der Waals surface area contributed by atoms with Crippen LogP contribution in [0.2, 0.25) is 0 Å². The van der Waals surface area contributed by atoms with Crippen LogP contribution in [-0.4, -0.2) is 4.98 Å². The van der Waals surface area contributed by atoms with Gasteiger partial charge in [-0.1, -0.05) is 18.2 Å². The number of nitrogens with two attached hydrogens (primary N) is 1. The molecule has 0 fully saturated rings. The standard InChI is InChI=1S/C14H13F3N2.ClH/c1-9-3-2-8-19-13(9)12(18)10-4-6-11(7-5-10)14(15,16)17;/h2-8,12H,18H2,1H3;1H/t12-;/m0./s1. The quantitative estimate of drug-likeness (QED) is 0.914. The number of aryl methyl sites for hydroxylation is 1. The Labute approximate surface area is 121 Å². The Bertz CT molecular complexity index is 567. The molecule has 0 aliphatic heterocycles. The number of alkyl halides is 3. The van der Waals surface area contributed by atoms with Gasteiger partial charge in [0.1, 0.15) is 0 Å². The molecule has 1 aromatic carbocycles. The van der Waals surface area contributed by atoms with Crippen molar-refractivity contribution in [1.82, 2.24) is 4.98 Å². The Balaban J connectivity index is 0.00000200. The van der Waals surface area contributed by atoms with Gasteiger partial charge in [0.2, 0.25) is 0 Å². The number of rotatable bonds is 2. The second-order valence-electron chi connectivity index (χ2n) is 4.30. The molecule has 0 amide bonds. The minimum atomic E-state index is -4.33. The summed E-state index contributed by atoms with van der Waals surface area (Å²) in [7, 11) is 0. The number of hydrogen-bond acceptors (Lipinski definition) is 2. The third-order valence-electron chi connectivity index (χ3n) is 2.94. The van der Waals surface area contributed by atoms with Gasteiger partial charge in [-0.25, -0.2) is 0 Å². The minimum absolute atomic E-state index is 0. The van der Waals surface area contributed by atoms with Gasteiger partial charge >= 0.3 is 6.18 Å². The van der Waals surface area contributed by atoms with E-state index in [0.29, 0.717) is 11.3 Å². The predicted octanol–water partition coefficient (Wildman–Crippen LogP) is 3.88. The van der Waals surface area contributed by atoms with Gasteiger partial charge in [0.15, 0.2) is 0 Å². The molecule has 0 radical (unpaired) electrons. The largest absolute Gasteiger partial charge is 0.416 e. The number of halogens is 4. The molecular weight excluding hydrogens is 289 g/mol. The molecule has 0 saturated carbocycles. The van der Waals surface area contributed by atoms with Crippen LogP contribution in [-0.2, 0) is 6.18 Å². The zero-order chi connectivity index (χ0) is 14.0. The molecular formula is C14H14ClF3N2. The van der Waals surface area contributed by atoms with Crippen LogP contribution in [0, 0.1) is 6.92 Å². The summed E-state index contributed by atoms with van der Waals surface area (Å²) in [5, 5.41) is 0. The third-order valence-corrected chi connectivity index (χ3v) is 2.94. The van der Waals surface area contributed by atoms with Crippen molar-refractivity contribution >= 4 is 12.4 Å². The maximum atomic E-state index is 12.5. The van der Waals surface area contributed by atoms with Crippen molar-refractivity contribution in [3.63, 3.8) is 0 Å². The minimum Gasteiger partial charge on any atom is -0.319 e. The van der Waals surface area contributed by atoms with E-state index in [1.165, 1.54) is 12.1 Å². The summed E-state index contributed by atoms with van der Waals surface area (Å²) in [5.74, 6) is 0. The van der Waals surface area contributed by atoms with Crippen LogP contribution < -0.4 is 5.73 Å². The normalized spacial score (nSPS) is 12.7. The lowest BCUT2D eigenvalue weighted by molar-refractivity contribution is -0.137. The summed E-state index contributed by atoms with van der Waals surface area (Å²) < 4.78 is 37.4. The van der Waals surface area contributed by atoms with Crippen LogP contribution in [0.1, 0.15) is 28.4 Å². The first-order chi connectivity index (χ1) is 8.89. The molecule has 6 heteroatoms.